The van der Waals surface area contributed by atoms with Crippen LogP contribution in [0.4, 0.5) is 19.0 Å². The van der Waals surface area contributed by atoms with E-state index in [0.29, 0.717) is 0 Å². The van der Waals surface area contributed by atoms with E-state index >= 15 is 0 Å². The van der Waals surface area contributed by atoms with Crippen molar-refractivity contribution in [1.82, 2.24) is 24.9 Å². The van der Waals surface area contributed by atoms with Crippen LogP contribution in [0.5, 0.6) is 0 Å². The molecule has 3 heterocycles. The van der Waals surface area contributed by atoms with Crippen LogP contribution in [0.2, 0.25) is 0 Å². The Bertz CT molecular complexity index is 1060. The van der Waals surface area contributed by atoms with Crippen LogP contribution in [0.1, 0.15) is 45.8 Å². The zero-order valence-corrected chi connectivity index (χ0v) is 16.4. The second-order valence-electron chi connectivity index (χ2n) is 7.32. The highest BCUT2D eigenvalue weighted by molar-refractivity contribution is 5.93. The minimum atomic E-state index is -4.49. The molecule has 2 unspecified atom stereocenters. The van der Waals surface area contributed by atoms with Gasteiger partial charge in [0.05, 0.1) is 12.2 Å². The summed E-state index contributed by atoms with van der Waals surface area (Å²) in [6.07, 6.45) is -3.06. The molecule has 0 aliphatic carbocycles. The lowest BCUT2D eigenvalue weighted by molar-refractivity contribution is -0.173. The molecule has 3 aromatic rings. The molecule has 0 saturated heterocycles. The molecule has 0 spiro atoms. The summed E-state index contributed by atoms with van der Waals surface area (Å²) in [5.41, 5.74) is 2.40. The van der Waals surface area contributed by atoms with Crippen molar-refractivity contribution < 1.29 is 18.0 Å². The molecule has 7 nitrogen and oxygen atoms in total. The van der Waals surface area contributed by atoms with E-state index in [1.165, 1.54) is 6.07 Å². The van der Waals surface area contributed by atoms with Crippen molar-refractivity contribution >= 4 is 11.7 Å². The standard InChI is InChI=1S/C20H21F3N6O/c1-12-14(11-25-28(12)2)10-24-19(30)16-9-18-26-15(13-6-4-3-5-7-13)8-17(20(21,22)23)29(18)27-16/h3-7,9,11,15,17,26H,8,10H2,1-2H3,(H,24,30). The molecule has 1 aliphatic heterocycles. The maximum absolute atomic E-state index is 13.7. The van der Waals surface area contributed by atoms with Gasteiger partial charge in [-0.3, -0.25) is 9.48 Å². The Morgan fingerprint density at radius 1 is 1.30 bits per heavy atom. The van der Waals surface area contributed by atoms with E-state index in [1.54, 1.807) is 42.2 Å². The Balaban J connectivity index is 1.57. The Morgan fingerprint density at radius 3 is 2.67 bits per heavy atom. The van der Waals surface area contributed by atoms with Gasteiger partial charge in [0.25, 0.3) is 5.91 Å². The van der Waals surface area contributed by atoms with Gasteiger partial charge in [-0.25, -0.2) is 4.68 Å². The minimum Gasteiger partial charge on any atom is -0.363 e. The number of carbonyl (C=O) groups excluding carboxylic acids is 1. The molecule has 4 rings (SSSR count). The summed E-state index contributed by atoms with van der Waals surface area (Å²) in [6, 6.07) is 7.94. The van der Waals surface area contributed by atoms with Gasteiger partial charge >= 0.3 is 6.18 Å². The van der Waals surface area contributed by atoms with Crippen molar-refractivity contribution in [3.63, 3.8) is 0 Å². The number of hydrogen-bond donors (Lipinski definition) is 2. The quantitative estimate of drug-likeness (QED) is 0.680. The molecule has 0 saturated carbocycles. The predicted molar refractivity (Wildman–Crippen MR) is 104 cm³/mol. The molecule has 10 heteroatoms. The van der Waals surface area contributed by atoms with Crippen LogP contribution >= 0.6 is 0 Å². The monoisotopic (exact) mass is 418 g/mol. The molecule has 1 amide bonds. The van der Waals surface area contributed by atoms with Gasteiger partial charge in [0.15, 0.2) is 11.7 Å². The van der Waals surface area contributed by atoms with Gasteiger partial charge in [-0.2, -0.15) is 23.4 Å². The van der Waals surface area contributed by atoms with Gasteiger partial charge < -0.3 is 10.6 Å². The summed E-state index contributed by atoms with van der Waals surface area (Å²) in [7, 11) is 1.79. The summed E-state index contributed by atoms with van der Waals surface area (Å²) < 4.78 is 43.8. The first kappa shape index (κ1) is 20.0. The number of hydrogen-bond acceptors (Lipinski definition) is 4. The van der Waals surface area contributed by atoms with Crippen LogP contribution in [0.3, 0.4) is 0 Å². The highest BCUT2D eigenvalue weighted by Gasteiger charge is 2.46. The third-order valence-electron chi connectivity index (χ3n) is 5.40. The fourth-order valence-electron chi connectivity index (χ4n) is 3.57. The first-order valence-electron chi connectivity index (χ1n) is 9.47. The van der Waals surface area contributed by atoms with Crippen molar-refractivity contribution in [2.45, 2.75) is 38.1 Å². The SMILES string of the molecule is Cc1c(CNC(=O)c2cc3n(n2)C(C(F)(F)F)CC(c2ccccc2)N3)cnn1C. The second kappa shape index (κ2) is 7.51. The number of aromatic nitrogens is 4. The number of amides is 1. The van der Waals surface area contributed by atoms with Crippen molar-refractivity contribution in [2.24, 2.45) is 7.05 Å². The highest BCUT2D eigenvalue weighted by atomic mass is 19.4. The van der Waals surface area contributed by atoms with Crippen molar-refractivity contribution in [1.29, 1.82) is 0 Å². The first-order chi connectivity index (χ1) is 14.2. The molecule has 158 valence electrons. The Morgan fingerprint density at radius 2 is 2.03 bits per heavy atom. The number of benzene rings is 1. The lowest BCUT2D eigenvalue weighted by Gasteiger charge is -2.33. The lowest BCUT2D eigenvalue weighted by Crippen LogP contribution is -2.35. The summed E-state index contributed by atoms with van der Waals surface area (Å²) in [4.78, 5) is 12.5. The fourth-order valence-corrected chi connectivity index (χ4v) is 3.57. The molecule has 1 aliphatic rings. The number of halogens is 3. The zero-order valence-electron chi connectivity index (χ0n) is 16.4. The predicted octanol–water partition coefficient (Wildman–Crippen LogP) is 3.52. The molecular formula is C20H21F3N6O. The Kier molecular flexibility index (Phi) is 5.00. The van der Waals surface area contributed by atoms with Crippen LogP contribution in [0.25, 0.3) is 0 Å². The van der Waals surface area contributed by atoms with E-state index in [2.05, 4.69) is 20.8 Å². The normalized spacial score (nSPS) is 18.6. The maximum Gasteiger partial charge on any atom is 0.410 e. The Labute approximate surface area is 170 Å². The van der Waals surface area contributed by atoms with Gasteiger partial charge in [-0.1, -0.05) is 30.3 Å². The molecular weight excluding hydrogens is 397 g/mol. The molecule has 0 fully saturated rings. The number of rotatable bonds is 4. The topological polar surface area (TPSA) is 76.8 Å². The first-order valence-corrected chi connectivity index (χ1v) is 9.47. The van der Waals surface area contributed by atoms with Gasteiger partial charge in [-0.15, -0.1) is 0 Å². The molecule has 1 aromatic carbocycles. The number of anilines is 1. The van der Waals surface area contributed by atoms with Crippen molar-refractivity contribution in [2.75, 3.05) is 5.32 Å². The molecule has 0 bridgehead atoms. The summed E-state index contributed by atoms with van der Waals surface area (Å²) in [6.45, 7) is 2.08. The highest BCUT2D eigenvalue weighted by Crippen LogP contribution is 2.43. The summed E-state index contributed by atoms with van der Waals surface area (Å²) >= 11 is 0. The van der Waals surface area contributed by atoms with E-state index in [9.17, 15) is 18.0 Å². The third kappa shape index (κ3) is 3.77. The molecule has 30 heavy (non-hydrogen) atoms. The van der Waals surface area contributed by atoms with Crippen molar-refractivity contribution in [3.8, 4) is 0 Å². The van der Waals surface area contributed by atoms with E-state index < -0.39 is 24.2 Å². The number of aryl methyl sites for hydroxylation is 1. The van der Waals surface area contributed by atoms with Gasteiger partial charge in [0, 0.05) is 37.3 Å². The number of nitrogens with zero attached hydrogens (tertiary/aromatic N) is 4. The smallest absolute Gasteiger partial charge is 0.363 e. The van der Waals surface area contributed by atoms with Gasteiger partial charge in [-0.05, 0) is 12.5 Å². The van der Waals surface area contributed by atoms with Crippen LogP contribution in [-0.2, 0) is 13.6 Å². The van der Waals surface area contributed by atoms with Gasteiger partial charge in [0.1, 0.15) is 5.82 Å². The number of fused-ring (bicyclic) bond motifs is 1. The molecule has 2 N–H and O–H groups in total. The molecule has 0 radical (unpaired) electrons. The van der Waals surface area contributed by atoms with Crippen LogP contribution in [0, 0.1) is 6.92 Å². The average molecular weight is 418 g/mol. The maximum atomic E-state index is 13.7. The molecule has 2 atom stereocenters. The molecule has 2 aromatic heterocycles. The summed E-state index contributed by atoms with van der Waals surface area (Å²) in [5.74, 6) is -0.376. The van der Waals surface area contributed by atoms with E-state index in [0.717, 1.165) is 21.5 Å². The number of nitrogens with one attached hydrogen (secondary N) is 2. The van der Waals surface area contributed by atoms with E-state index in [4.69, 9.17) is 0 Å². The number of alkyl halides is 3. The minimum absolute atomic E-state index is 0.0676. The van der Waals surface area contributed by atoms with Crippen LogP contribution in [-0.4, -0.2) is 31.6 Å². The zero-order chi connectivity index (χ0) is 21.5. The van der Waals surface area contributed by atoms with Crippen LogP contribution < -0.4 is 10.6 Å². The number of carbonyl (C=O) groups is 1. The average Bonchev–Trinajstić information content (AvgIpc) is 3.29. The second-order valence-corrected chi connectivity index (χ2v) is 7.32. The van der Waals surface area contributed by atoms with E-state index in [-0.39, 0.29) is 24.5 Å². The summed E-state index contributed by atoms with van der Waals surface area (Å²) in [5, 5.41) is 13.9. The van der Waals surface area contributed by atoms with Crippen LogP contribution in [0.15, 0.2) is 42.6 Å². The Hall–Kier alpha value is -3.30. The lowest BCUT2D eigenvalue weighted by atomic mass is 9.97. The largest absolute Gasteiger partial charge is 0.410 e. The van der Waals surface area contributed by atoms with Gasteiger partial charge in [0.2, 0.25) is 0 Å². The third-order valence-corrected chi connectivity index (χ3v) is 5.40. The van der Waals surface area contributed by atoms with Crippen molar-refractivity contribution in [3.05, 3.63) is 65.1 Å². The van der Waals surface area contributed by atoms with E-state index in [1.807, 2.05) is 13.0 Å². The fraction of sp³-hybridized carbons (Fsp3) is 0.350.